The van der Waals surface area contributed by atoms with Crippen LogP contribution in [0.5, 0.6) is 0 Å². The Morgan fingerprint density at radius 2 is 1.68 bits per heavy atom. The van der Waals surface area contributed by atoms with Crippen molar-refractivity contribution in [2.75, 3.05) is 24.3 Å². The zero-order valence-corrected chi connectivity index (χ0v) is 24.9. The van der Waals surface area contributed by atoms with Crippen LogP contribution < -0.4 is 10.4 Å². The number of nitrogens with zero attached hydrogens (tertiary/aromatic N) is 1. The molecular formula is C31H37N2O5S2-. The van der Waals surface area contributed by atoms with E-state index in [1.807, 2.05) is 80.8 Å². The van der Waals surface area contributed by atoms with Crippen LogP contribution in [0, 0.1) is 6.92 Å². The van der Waals surface area contributed by atoms with Gasteiger partial charge in [-0.2, -0.15) is 16.1 Å². The Hall–Kier alpha value is -3.14. The summed E-state index contributed by atoms with van der Waals surface area (Å²) in [6.45, 7) is 4.27. The number of carbonyl (C=O) groups excluding carboxylic acids is 2. The van der Waals surface area contributed by atoms with Crippen LogP contribution in [0.25, 0.3) is 11.1 Å². The number of hydrogen-bond donors (Lipinski definition) is 1. The molecule has 3 rings (SSSR count). The summed E-state index contributed by atoms with van der Waals surface area (Å²) in [6.07, 6.45) is 3.20. The van der Waals surface area contributed by atoms with E-state index in [4.69, 9.17) is 0 Å². The van der Waals surface area contributed by atoms with Gasteiger partial charge in [-0.05, 0) is 78.1 Å². The van der Waals surface area contributed by atoms with E-state index in [2.05, 4.69) is 5.32 Å². The van der Waals surface area contributed by atoms with Crippen LogP contribution in [-0.4, -0.2) is 54.9 Å². The van der Waals surface area contributed by atoms with Crippen LogP contribution in [-0.2, 0) is 27.8 Å². The number of benzene rings is 3. The molecule has 0 saturated heterocycles. The molecule has 40 heavy (non-hydrogen) atoms. The summed E-state index contributed by atoms with van der Waals surface area (Å²) in [4.78, 5) is 25.0. The molecule has 3 aromatic rings. The molecule has 0 unspecified atom stereocenters. The maximum atomic E-state index is 13.4. The van der Waals surface area contributed by atoms with E-state index in [-0.39, 0.29) is 18.7 Å². The van der Waals surface area contributed by atoms with Crippen LogP contribution in [0.15, 0.2) is 72.8 Å². The first-order valence-electron chi connectivity index (χ1n) is 13.4. The normalized spacial score (nSPS) is 12.3. The van der Waals surface area contributed by atoms with Crippen LogP contribution >= 0.6 is 11.8 Å². The average Bonchev–Trinajstić information content (AvgIpc) is 2.93. The van der Waals surface area contributed by atoms with Gasteiger partial charge < -0.3 is 15.2 Å². The summed E-state index contributed by atoms with van der Waals surface area (Å²) >= 11 is 1.49. The van der Waals surface area contributed by atoms with Gasteiger partial charge in [0.25, 0.3) is 5.91 Å². The van der Waals surface area contributed by atoms with Gasteiger partial charge >= 0.3 is 0 Å². The Balaban J connectivity index is 1.98. The number of sulfonamides is 1. The Bertz CT molecular complexity index is 1390. The smallest absolute Gasteiger partial charge is 0.252 e. The van der Waals surface area contributed by atoms with Gasteiger partial charge in [-0.1, -0.05) is 67.6 Å². The van der Waals surface area contributed by atoms with Crippen LogP contribution in [0.3, 0.4) is 0 Å². The fourth-order valence-corrected chi connectivity index (χ4v) is 6.47. The minimum atomic E-state index is -3.51. The second-order valence-electron chi connectivity index (χ2n) is 9.71. The second-order valence-corrected chi connectivity index (χ2v) is 12.8. The minimum absolute atomic E-state index is 0.0492. The van der Waals surface area contributed by atoms with Crippen LogP contribution in [0.2, 0.25) is 0 Å². The molecule has 9 heteroatoms. The number of carboxylic acid groups (broad SMARTS) is 1. The molecule has 0 radical (unpaired) electrons. The van der Waals surface area contributed by atoms with Gasteiger partial charge in [0.2, 0.25) is 10.0 Å². The Kier molecular flexibility index (Phi) is 11.8. The number of carbonyl (C=O) groups is 2. The molecule has 0 aliphatic rings. The molecule has 0 saturated carbocycles. The van der Waals surface area contributed by atoms with Crippen molar-refractivity contribution in [2.24, 2.45) is 0 Å². The van der Waals surface area contributed by atoms with Crippen LogP contribution in [0.1, 0.15) is 46.8 Å². The molecule has 1 atom stereocenters. The SMILES string of the molecule is CCCS(=O)(=O)N(CCc1ccccc1)Cc1ccc(C(=O)N[C@@H](CCSC)C(=O)[O-])c(-c2ccccc2C)c1. The van der Waals surface area contributed by atoms with Crippen molar-refractivity contribution < 1.29 is 23.1 Å². The molecule has 0 aliphatic carbocycles. The topological polar surface area (TPSA) is 107 Å². The molecule has 214 valence electrons. The average molecular weight is 582 g/mol. The standard InChI is InChI=1S/C31H38N2O5S2/c1-4-20-40(37,38)33(18-16-24-11-6-5-7-12-24)22-25-14-15-27(28(21-25)26-13-9-8-10-23(26)2)30(34)32-29(31(35)36)17-19-39-3/h5-15,21,29H,4,16-20,22H2,1-3H3,(H,32,34)(H,35,36)/p-1/t29-/m0/s1. The molecule has 1 N–H and O–H groups in total. The third-order valence-corrected chi connectivity index (χ3v) is 9.34. The van der Waals surface area contributed by atoms with E-state index in [0.717, 1.165) is 22.3 Å². The van der Waals surface area contributed by atoms with Crippen LogP contribution in [0.4, 0.5) is 0 Å². The predicted octanol–water partition coefficient (Wildman–Crippen LogP) is 4.05. The highest BCUT2D eigenvalue weighted by molar-refractivity contribution is 7.98. The molecule has 7 nitrogen and oxygen atoms in total. The third-order valence-electron chi connectivity index (χ3n) is 6.67. The molecule has 0 bridgehead atoms. The van der Waals surface area contributed by atoms with Crippen molar-refractivity contribution in [3.8, 4) is 11.1 Å². The molecule has 0 heterocycles. The molecule has 0 aliphatic heterocycles. The Labute approximate surface area is 242 Å². The van der Waals surface area contributed by atoms with Crippen molar-refractivity contribution in [1.82, 2.24) is 9.62 Å². The largest absolute Gasteiger partial charge is 0.548 e. The summed E-state index contributed by atoms with van der Waals surface area (Å²) < 4.78 is 27.9. The Morgan fingerprint density at radius 1 is 0.975 bits per heavy atom. The van der Waals surface area contributed by atoms with E-state index in [1.54, 1.807) is 12.1 Å². The zero-order valence-electron chi connectivity index (χ0n) is 23.3. The van der Waals surface area contributed by atoms with E-state index in [9.17, 15) is 23.1 Å². The first-order chi connectivity index (χ1) is 19.2. The number of aliphatic carboxylic acids is 1. The number of thioether (sulfide) groups is 1. The summed E-state index contributed by atoms with van der Waals surface area (Å²) in [5, 5.41) is 14.3. The van der Waals surface area contributed by atoms with E-state index in [1.165, 1.54) is 16.1 Å². The summed E-state index contributed by atoms with van der Waals surface area (Å²) in [6, 6.07) is 21.5. The fourth-order valence-electron chi connectivity index (χ4n) is 4.51. The lowest BCUT2D eigenvalue weighted by atomic mass is 9.93. The van der Waals surface area contributed by atoms with E-state index >= 15 is 0 Å². The maximum Gasteiger partial charge on any atom is 0.252 e. The molecule has 0 spiro atoms. The zero-order chi connectivity index (χ0) is 29.1. The number of aryl methyl sites for hydroxylation is 1. The molecule has 3 aromatic carbocycles. The summed E-state index contributed by atoms with van der Waals surface area (Å²) in [5.41, 5.74) is 4.48. The predicted molar refractivity (Wildman–Crippen MR) is 161 cm³/mol. The van der Waals surface area contributed by atoms with Gasteiger partial charge in [0.05, 0.1) is 17.8 Å². The third kappa shape index (κ3) is 8.68. The van der Waals surface area contributed by atoms with E-state index < -0.39 is 27.9 Å². The quantitative estimate of drug-likeness (QED) is 0.290. The number of carboxylic acids is 1. The Morgan fingerprint density at radius 3 is 2.33 bits per heavy atom. The highest BCUT2D eigenvalue weighted by Crippen LogP contribution is 2.29. The van der Waals surface area contributed by atoms with Gasteiger partial charge in [0.1, 0.15) is 0 Å². The van der Waals surface area contributed by atoms with Gasteiger partial charge in [0, 0.05) is 18.7 Å². The fraction of sp³-hybridized carbons (Fsp3) is 0.355. The summed E-state index contributed by atoms with van der Waals surface area (Å²) in [7, 11) is -3.51. The maximum absolute atomic E-state index is 13.4. The lowest BCUT2D eigenvalue weighted by Crippen LogP contribution is -2.48. The van der Waals surface area contributed by atoms with Gasteiger partial charge in [-0.3, -0.25) is 4.79 Å². The van der Waals surface area contributed by atoms with E-state index in [0.29, 0.717) is 36.3 Å². The summed E-state index contributed by atoms with van der Waals surface area (Å²) in [5.74, 6) is -1.23. The monoisotopic (exact) mass is 581 g/mol. The highest BCUT2D eigenvalue weighted by Gasteiger charge is 2.23. The van der Waals surface area contributed by atoms with Crippen molar-refractivity contribution in [2.45, 2.75) is 45.7 Å². The second kappa shape index (κ2) is 15.0. The number of rotatable bonds is 15. The molecule has 0 fully saturated rings. The molecular weight excluding hydrogens is 544 g/mol. The van der Waals surface area contributed by atoms with Gasteiger partial charge in [-0.25, -0.2) is 8.42 Å². The lowest BCUT2D eigenvalue weighted by Gasteiger charge is -2.24. The van der Waals surface area contributed by atoms with Gasteiger partial charge in [0.15, 0.2) is 0 Å². The number of amides is 1. The van der Waals surface area contributed by atoms with Crippen molar-refractivity contribution in [1.29, 1.82) is 0 Å². The van der Waals surface area contributed by atoms with Gasteiger partial charge in [-0.15, -0.1) is 0 Å². The minimum Gasteiger partial charge on any atom is -0.548 e. The van der Waals surface area contributed by atoms with Crippen molar-refractivity contribution in [3.05, 3.63) is 95.1 Å². The van der Waals surface area contributed by atoms with Crippen molar-refractivity contribution in [3.63, 3.8) is 0 Å². The molecule has 1 amide bonds. The lowest BCUT2D eigenvalue weighted by molar-refractivity contribution is -0.308. The highest BCUT2D eigenvalue weighted by atomic mass is 32.2. The number of nitrogens with one attached hydrogen (secondary N) is 1. The van der Waals surface area contributed by atoms with Crippen molar-refractivity contribution >= 4 is 33.7 Å². The number of hydrogen-bond acceptors (Lipinski definition) is 6. The first kappa shape index (κ1) is 31.4. The first-order valence-corrected chi connectivity index (χ1v) is 16.4. The molecule has 0 aromatic heterocycles.